The van der Waals surface area contributed by atoms with Crippen molar-refractivity contribution < 1.29 is 34.0 Å². The van der Waals surface area contributed by atoms with E-state index in [9.17, 15) is 15.0 Å². The van der Waals surface area contributed by atoms with Crippen LogP contribution in [0, 0.1) is 0 Å². The van der Waals surface area contributed by atoms with Gasteiger partial charge in [-0.1, -0.05) is 52.5 Å². The average molecular weight is 789 g/mol. The summed E-state index contributed by atoms with van der Waals surface area (Å²) in [4.78, 5) is 14.5. The maximum absolute atomic E-state index is 11.2. The van der Waals surface area contributed by atoms with E-state index >= 15 is 0 Å². The van der Waals surface area contributed by atoms with Crippen LogP contribution in [-0.4, -0.2) is 76.3 Å². The molecule has 1 fully saturated rings. The van der Waals surface area contributed by atoms with Gasteiger partial charge < -0.3 is 38.7 Å². The van der Waals surface area contributed by atoms with Gasteiger partial charge in [0, 0.05) is 63.7 Å². The predicted octanol–water partition coefficient (Wildman–Crippen LogP) is 9.92. The molecule has 6 aromatic rings. The number of nitrogens with zero attached hydrogens (tertiary/aromatic N) is 1. The SMILES string of the molecule is CC(C)(C)OC(=O)OC1C=CCOC1.Clc1ccc2[nH]c3ccc(Cl)cc3c2c1.O[C@H]1[C@@H](O)COC[C@@H]1n1c2ccc(Cl)cc2c2cc(Cl)ccc21. The van der Waals surface area contributed by atoms with Crippen molar-refractivity contribution in [2.24, 2.45) is 0 Å². The third kappa shape index (κ3) is 8.98. The van der Waals surface area contributed by atoms with Gasteiger partial charge >= 0.3 is 6.16 Å². The Bertz CT molecular complexity index is 2130. The van der Waals surface area contributed by atoms with E-state index in [1.807, 2.05) is 83.4 Å². The Morgan fingerprint density at radius 1 is 0.750 bits per heavy atom. The lowest BCUT2D eigenvalue weighted by Crippen LogP contribution is -2.44. The minimum absolute atomic E-state index is 0.145. The zero-order chi connectivity index (χ0) is 37.2. The quantitative estimate of drug-likeness (QED) is 0.118. The van der Waals surface area contributed by atoms with Crippen molar-refractivity contribution in [3.05, 3.63) is 105 Å². The van der Waals surface area contributed by atoms with E-state index in [1.165, 1.54) is 0 Å². The first-order chi connectivity index (χ1) is 24.8. The van der Waals surface area contributed by atoms with Crippen molar-refractivity contribution in [3.8, 4) is 0 Å². The highest BCUT2D eigenvalue weighted by Crippen LogP contribution is 2.37. The number of aliphatic hydroxyl groups excluding tert-OH is 2. The highest BCUT2D eigenvalue weighted by Gasteiger charge is 2.34. The molecule has 2 aromatic heterocycles. The van der Waals surface area contributed by atoms with Crippen LogP contribution >= 0.6 is 46.4 Å². The van der Waals surface area contributed by atoms with Crippen LogP contribution in [0.15, 0.2) is 84.9 Å². The fourth-order valence-electron chi connectivity index (χ4n) is 6.17. The molecule has 0 saturated carbocycles. The van der Waals surface area contributed by atoms with Crippen LogP contribution in [0.5, 0.6) is 0 Å². The molecule has 0 aliphatic carbocycles. The van der Waals surface area contributed by atoms with E-state index in [0.29, 0.717) is 29.9 Å². The number of aromatic nitrogens is 2. The van der Waals surface area contributed by atoms with Crippen molar-refractivity contribution in [1.82, 2.24) is 9.55 Å². The van der Waals surface area contributed by atoms with Crippen LogP contribution in [0.1, 0.15) is 26.8 Å². The van der Waals surface area contributed by atoms with Crippen molar-refractivity contribution in [3.63, 3.8) is 0 Å². The Morgan fingerprint density at radius 3 is 1.77 bits per heavy atom. The molecule has 0 radical (unpaired) electrons. The summed E-state index contributed by atoms with van der Waals surface area (Å²) < 4.78 is 22.5. The summed E-state index contributed by atoms with van der Waals surface area (Å²) >= 11 is 24.2. The first kappa shape index (κ1) is 38.2. The number of hydrogen-bond donors (Lipinski definition) is 3. The molecule has 13 heteroatoms. The molecule has 3 N–H and O–H groups in total. The lowest BCUT2D eigenvalue weighted by molar-refractivity contribution is -0.113. The van der Waals surface area contributed by atoms with Gasteiger partial charge in [0.1, 0.15) is 23.9 Å². The summed E-state index contributed by atoms with van der Waals surface area (Å²) in [5.74, 6) is 0. The molecule has 4 heterocycles. The first-order valence-corrected chi connectivity index (χ1v) is 18.1. The number of hydrogen-bond acceptors (Lipinski definition) is 7. The maximum atomic E-state index is 11.2. The number of aliphatic hydroxyl groups is 2. The zero-order valence-electron chi connectivity index (χ0n) is 28.6. The maximum Gasteiger partial charge on any atom is 0.509 e. The van der Waals surface area contributed by atoms with Crippen LogP contribution in [0.2, 0.25) is 20.1 Å². The largest absolute Gasteiger partial charge is 0.509 e. The molecule has 4 atom stereocenters. The topological polar surface area (TPSA) is 115 Å². The van der Waals surface area contributed by atoms with Crippen LogP contribution in [0.3, 0.4) is 0 Å². The lowest BCUT2D eigenvalue weighted by atomic mass is 10.0. The fraction of sp³-hybridized carbons (Fsp3) is 0.308. The van der Waals surface area contributed by atoms with E-state index in [1.54, 1.807) is 26.8 Å². The smallest absolute Gasteiger partial charge is 0.429 e. The number of benzene rings is 4. The van der Waals surface area contributed by atoms with E-state index < -0.39 is 24.0 Å². The Morgan fingerprint density at radius 2 is 1.27 bits per heavy atom. The normalized spacial score (nSPS) is 20.3. The van der Waals surface area contributed by atoms with E-state index in [0.717, 1.165) is 53.7 Å². The lowest BCUT2D eigenvalue weighted by Gasteiger charge is -2.33. The Balaban J connectivity index is 0.000000140. The highest BCUT2D eigenvalue weighted by atomic mass is 35.5. The zero-order valence-corrected chi connectivity index (χ0v) is 31.6. The van der Waals surface area contributed by atoms with Gasteiger partial charge in [-0.15, -0.1) is 0 Å². The van der Waals surface area contributed by atoms with Crippen molar-refractivity contribution >= 4 is 96.2 Å². The second-order valence-electron chi connectivity index (χ2n) is 13.4. The molecular formula is C39H38Cl4N2O7. The molecule has 0 bridgehead atoms. The third-order valence-electron chi connectivity index (χ3n) is 8.43. The monoisotopic (exact) mass is 786 g/mol. The van der Waals surface area contributed by atoms with Gasteiger partial charge in [-0.3, -0.25) is 0 Å². The molecule has 9 nitrogen and oxygen atoms in total. The number of H-pyrrole nitrogens is 1. The van der Waals surface area contributed by atoms with Crippen molar-refractivity contribution in [2.75, 3.05) is 26.4 Å². The molecule has 274 valence electrons. The molecule has 1 saturated heterocycles. The van der Waals surface area contributed by atoms with Gasteiger partial charge in [-0.2, -0.15) is 0 Å². The van der Waals surface area contributed by atoms with Gasteiger partial charge in [0.2, 0.25) is 0 Å². The first-order valence-electron chi connectivity index (χ1n) is 16.6. The molecule has 0 amide bonds. The number of aromatic amines is 1. The van der Waals surface area contributed by atoms with Crippen LogP contribution in [0.25, 0.3) is 43.6 Å². The number of carbonyl (C=O) groups excluding carboxylic acids is 1. The molecule has 4 aromatic carbocycles. The highest BCUT2D eigenvalue weighted by molar-refractivity contribution is 6.34. The number of ether oxygens (including phenoxy) is 4. The van der Waals surface area contributed by atoms with Crippen molar-refractivity contribution in [2.45, 2.75) is 50.7 Å². The molecule has 1 unspecified atom stereocenters. The number of fused-ring (bicyclic) bond motifs is 6. The Labute approximate surface area is 320 Å². The van der Waals surface area contributed by atoms with E-state index in [4.69, 9.17) is 65.4 Å². The summed E-state index contributed by atoms with van der Waals surface area (Å²) in [6.07, 6.45) is 0.845. The van der Waals surface area contributed by atoms with E-state index in [-0.39, 0.29) is 18.8 Å². The van der Waals surface area contributed by atoms with Crippen LogP contribution in [0.4, 0.5) is 4.79 Å². The molecule has 52 heavy (non-hydrogen) atoms. The average Bonchev–Trinajstić information content (AvgIpc) is 3.60. The Hall–Kier alpha value is -3.51. The second-order valence-corrected chi connectivity index (χ2v) is 15.2. The second kappa shape index (κ2) is 16.2. The molecular weight excluding hydrogens is 750 g/mol. The van der Waals surface area contributed by atoms with Crippen LogP contribution < -0.4 is 0 Å². The number of nitrogens with one attached hydrogen (secondary N) is 1. The molecule has 8 rings (SSSR count). The number of halogens is 4. The fourth-order valence-corrected chi connectivity index (χ4v) is 6.86. The summed E-state index contributed by atoms with van der Waals surface area (Å²) in [5.41, 5.74) is 3.49. The summed E-state index contributed by atoms with van der Waals surface area (Å²) in [6.45, 7) is 6.84. The molecule has 0 spiro atoms. The number of rotatable bonds is 2. The molecule has 2 aliphatic rings. The summed E-state index contributed by atoms with van der Waals surface area (Å²) in [5, 5.41) is 27.3. The standard InChI is InChI=1S/C17H15Cl2NO3.C12H7Cl2N.C10H16O4/c18-9-1-3-13-11(5-9)12-6-10(19)2-4-14(12)20(13)15-7-23-8-16(21)17(15)22;13-7-1-3-11-9(5-7)10-6-8(14)2-4-12(10)15-11;1-10(2,3)14-9(11)13-8-5-4-6-12-7-8/h1-6,15-17,21-22H,7-8H2;1-6,15H;4-5,8H,6-7H2,1-3H3/t15-,16-,17+;;/m0../s1. The van der Waals surface area contributed by atoms with Gasteiger partial charge in [0.05, 0.1) is 32.5 Å². The Kier molecular flexibility index (Phi) is 11.9. The summed E-state index contributed by atoms with van der Waals surface area (Å²) in [7, 11) is 0. The molecule has 2 aliphatic heterocycles. The van der Waals surface area contributed by atoms with Gasteiger partial charge in [0.25, 0.3) is 0 Å². The van der Waals surface area contributed by atoms with Crippen LogP contribution in [-0.2, 0) is 18.9 Å². The van der Waals surface area contributed by atoms with Gasteiger partial charge in [-0.05, 0) is 99.6 Å². The number of carbonyl (C=O) groups is 1. The summed E-state index contributed by atoms with van der Waals surface area (Å²) in [6, 6.07) is 22.5. The van der Waals surface area contributed by atoms with E-state index in [2.05, 4.69) is 4.98 Å². The van der Waals surface area contributed by atoms with Crippen molar-refractivity contribution in [1.29, 1.82) is 0 Å². The third-order valence-corrected chi connectivity index (χ3v) is 9.37. The van der Waals surface area contributed by atoms with Gasteiger partial charge in [-0.25, -0.2) is 4.79 Å². The minimum atomic E-state index is -0.902. The minimum Gasteiger partial charge on any atom is -0.429 e. The predicted molar refractivity (Wildman–Crippen MR) is 208 cm³/mol. The van der Waals surface area contributed by atoms with Gasteiger partial charge in [0.15, 0.2) is 0 Å².